The maximum Gasteiger partial charge on any atom is 0.244 e. The standard InChI is InChI=1S/C13H23N3O3S/c1-9-12(6-14)13(10(2)19-9)20(17,18)15-7-11-4-5-16(3)8-11/h11,15H,4-8,14H2,1-3H3. The van der Waals surface area contributed by atoms with Crippen LogP contribution in [0.5, 0.6) is 0 Å². The summed E-state index contributed by atoms with van der Waals surface area (Å²) in [6, 6.07) is 0. The molecule has 1 saturated heterocycles. The Bertz CT molecular complexity index is 580. The normalized spacial score (nSPS) is 20.7. The second-order valence-corrected chi connectivity index (χ2v) is 7.20. The van der Waals surface area contributed by atoms with Gasteiger partial charge in [-0.15, -0.1) is 0 Å². The Balaban J connectivity index is 2.14. The zero-order valence-corrected chi connectivity index (χ0v) is 13.1. The Labute approximate surface area is 120 Å². The Morgan fingerprint density at radius 2 is 2.10 bits per heavy atom. The summed E-state index contributed by atoms with van der Waals surface area (Å²) >= 11 is 0. The lowest BCUT2D eigenvalue weighted by molar-refractivity contribution is 0.394. The lowest BCUT2D eigenvalue weighted by Crippen LogP contribution is -2.31. The second kappa shape index (κ2) is 5.85. The highest BCUT2D eigenvalue weighted by atomic mass is 32.2. The molecule has 0 radical (unpaired) electrons. The van der Waals surface area contributed by atoms with E-state index in [0.717, 1.165) is 19.5 Å². The number of sulfonamides is 1. The zero-order valence-electron chi connectivity index (χ0n) is 12.3. The zero-order chi connectivity index (χ0) is 14.9. The van der Waals surface area contributed by atoms with E-state index in [9.17, 15) is 8.42 Å². The Morgan fingerprint density at radius 1 is 1.40 bits per heavy atom. The van der Waals surface area contributed by atoms with Gasteiger partial charge in [-0.2, -0.15) is 0 Å². The molecule has 114 valence electrons. The van der Waals surface area contributed by atoms with Crippen LogP contribution >= 0.6 is 0 Å². The van der Waals surface area contributed by atoms with E-state index in [1.54, 1.807) is 13.8 Å². The third-order valence-corrected chi connectivity index (χ3v) is 5.47. The van der Waals surface area contributed by atoms with E-state index >= 15 is 0 Å². The van der Waals surface area contributed by atoms with Gasteiger partial charge in [-0.25, -0.2) is 13.1 Å². The predicted molar refractivity (Wildman–Crippen MR) is 76.9 cm³/mol. The molecule has 7 heteroatoms. The number of likely N-dealkylation sites (tertiary alicyclic amines) is 1. The molecule has 0 amide bonds. The van der Waals surface area contributed by atoms with Crippen LogP contribution in [0.2, 0.25) is 0 Å². The molecule has 1 atom stereocenters. The summed E-state index contributed by atoms with van der Waals surface area (Å²) in [4.78, 5) is 2.42. The summed E-state index contributed by atoms with van der Waals surface area (Å²) in [5.74, 6) is 1.34. The Kier molecular flexibility index (Phi) is 4.53. The van der Waals surface area contributed by atoms with Gasteiger partial charge >= 0.3 is 0 Å². The van der Waals surface area contributed by atoms with Crippen molar-refractivity contribution in [2.24, 2.45) is 11.7 Å². The van der Waals surface area contributed by atoms with E-state index < -0.39 is 10.0 Å². The van der Waals surface area contributed by atoms with E-state index in [1.807, 2.05) is 7.05 Å². The van der Waals surface area contributed by atoms with Crippen LogP contribution in [0.15, 0.2) is 9.31 Å². The molecule has 0 aromatic carbocycles. The van der Waals surface area contributed by atoms with Gasteiger partial charge in [0.05, 0.1) is 0 Å². The molecule has 6 nitrogen and oxygen atoms in total. The topological polar surface area (TPSA) is 88.6 Å². The molecule has 1 unspecified atom stereocenters. The minimum absolute atomic E-state index is 0.158. The van der Waals surface area contributed by atoms with Gasteiger partial charge in [0.25, 0.3) is 0 Å². The molecule has 0 saturated carbocycles. The highest BCUT2D eigenvalue weighted by molar-refractivity contribution is 7.89. The monoisotopic (exact) mass is 301 g/mol. The first kappa shape index (κ1) is 15.5. The summed E-state index contributed by atoms with van der Waals surface area (Å²) in [6.07, 6.45) is 1.02. The minimum Gasteiger partial charge on any atom is -0.465 e. The Morgan fingerprint density at radius 3 is 2.65 bits per heavy atom. The Hall–Kier alpha value is -0.890. The molecular weight excluding hydrogens is 278 g/mol. The lowest BCUT2D eigenvalue weighted by atomic mass is 10.1. The second-order valence-electron chi connectivity index (χ2n) is 5.50. The number of furan rings is 1. The van der Waals surface area contributed by atoms with Crippen LogP contribution in [-0.2, 0) is 16.6 Å². The first-order valence-electron chi connectivity index (χ1n) is 6.82. The van der Waals surface area contributed by atoms with Crippen molar-refractivity contribution in [3.63, 3.8) is 0 Å². The van der Waals surface area contributed by atoms with Gasteiger partial charge < -0.3 is 15.1 Å². The van der Waals surface area contributed by atoms with Crippen molar-refractivity contribution in [3.05, 3.63) is 17.1 Å². The van der Waals surface area contributed by atoms with Crippen molar-refractivity contribution in [2.75, 3.05) is 26.7 Å². The fourth-order valence-electron chi connectivity index (χ4n) is 2.79. The van der Waals surface area contributed by atoms with Gasteiger partial charge in [0.15, 0.2) is 0 Å². The van der Waals surface area contributed by atoms with Crippen LogP contribution in [0.3, 0.4) is 0 Å². The van der Waals surface area contributed by atoms with Gasteiger partial charge in [0.1, 0.15) is 16.4 Å². The third kappa shape index (κ3) is 3.06. The molecule has 0 aliphatic carbocycles. The number of nitrogens with one attached hydrogen (secondary N) is 1. The van der Waals surface area contributed by atoms with Crippen LogP contribution in [0.1, 0.15) is 23.5 Å². The number of hydrogen-bond acceptors (Lipinski definition) is 5. The van der Waals surface area contributed by atoms with Crippen molar-refractivity contribution < 1.29 is 12.8 Å². The van der Waals surface area contributed by atoms with E-state index in [2.05, 4.69) is 9.62 Å². The number of aryl methyl sites for hydroxylation is 2. The van der Waals surface area contributed by atoms with Crippen molar-refractivity contribution >= 4 is 10.0 Å². The molecule has 2 rings (SSSR count). The molecule has 20 heavy (non-hydrogen) atoms. The van der Waals surface area contributed by atoms with Crippen molar-refractivity contribution in [2.45, 2.75) is 31.7 Å². The highest BCUT2D eigenvalue weighted by Gasteiger charge is 2.28. The maximum atomic E-state index is 12.4. The smallest absolute Gasteiger partial charge is 0.244 e. The van der Waals surface area contributed by atoms with Crippen LogP contribution in [0.25, 0.3) is 0 Å². The maximum absolute atomic E-state index is 12.4. The molecule has 3 N–H and O–H groups in total. The number of rotatable bonds is 5. The predicted octanol–water partition coefficient (Wildman–Crippen LogP) is 0.585. The van der Waals surface area contributed by atoms with E-state index in [0.29, 0.717) is 29.5 Å². The summed E-state index contributed by atoms with van der Waals surface area (Å²) in [5, 5.41) is 0. The van der Waals surface area contributed by atoms with Crippen molar-refractivity contribution in [3.8, 4) is 0 Å². The van der Waals surface area contributed by atoms with E-state index in [4.69, 9.17) is 10.2 Å². The van der Waals surface area contributed by atoms with Gasteiger partial charge in [-0.1, -0.05) is 0 Å². The molecule has 0 spiro atoms. The lowest BCUT2D eigenvalue weighted by Gasteiger charge is -2.12. The van der Waals surface area contributed by atoms with E-state index in [-0.39, 0.29) is 11.4 Å². The largest absolute Gasteiger partial charge is 0.465 e. The van der Waals surface area contributed by atoms with Crippen LogP contribution in [0, 0.1) is 19.8 Å². The van der Waals surface area contributed by atoms with E-state index in [1.165, 1.54) is 0 Å². The van der Waals surface area contributed by atoms with Gasteiger partial charge in [0, 0.05) is 25.2 Å². The average Bonchev–Trinajstić information content (AvgIpc) is 2.90. The summed E-state index contributed by atoms with van der Waals surface area (Å²) in [6.45, 7) is 5.95. The molecule has 1 aromatic heterocycles. The molecule has 2 heterocycles. The summed E-state index contributed by atoms with van der Waals surface area (Å²) < 4.78 is 33.0. The van der Waals surface area contributed by atoms with Gasteiger partial charge in [0.2, 0.25) is 10.0 Å². The van der Waals surface area contributed by atoms with Crippen LogP contribution in [-0.4, -0.2) is 40.0 Å². The number of nitrogens with two attached hydrogens (primary N) is 1. The molecule has 1 aromatic rings. The van der Waals surface area contributed by atoms with Crippen molar-refractivity contribution in [1.29, 1.82) is 0 Å². The van der Waals surface area contributed by atoms with Crippen molar-refractivity contribution in [1.82, 2.24) is 9.62 Å². The minimum atomic E-state index is -3.56. The van der Waals surface area contributed by atoms with Gasteiger partial charge in [-0.3, -0.25) is 0 Å². The highest BCUT2D eigenvalue weighted by Crippen LogP contribution is 2.26. The molecule has 0 bridgehead atoms. The molecule has 1 aliphatic heterocycles. The average molecular weight is 301 g/mol. The van der Waals surface area contributed by atoms with Crippen LogP contribution in [0.4, 0.5) is 0 Å². The number of hydrogen-bond donors (Lipinski definition) is 2. The summed E-state index contributed by atoms with van der Waals surface area (Å²) in [7, 11) is -1.51. The quantitative estimate of drug-likeness (QED) is 0.831. The van der Waals surface area contributed by atoms with Crippen LogP contribution < -0.4 is 10.5 Å². The number of nitrogens with zero attached hydrogens (tertiary/aromatic N) is 1. The fourth-order valence-corrected chi connectivity index (χ4v) is 4.36. The SMILES string of the molecule is Cc1oc(C)c(S(=O)(=O)NCC2CCN(C)C2)c1CN. The first-order chi connectivity index (χ1) is 9.35. The molecular formula is C13H23N3O3S. The van der Waals surface area contributed by atoms with Gasteiger partial charge in [-0.05, 0) is 39.8 Å². The molecule has 1 aliphatic rings. The molecule has 1 fully saturated rings. The first-order valence-corrected chi connectivity index (χ1v) is 8.30. The fraction of sp³-hybridized carbons (Fsp3) is 0.692. The third-order valence-electron chi connectivity index (χ3n) is 3.85. The summed E-state index contributed by atoms with van der Waals surface area (Å²) in [5.41, 5.74) is 6.21.